The topological polar surface area (TPSA) is 45.9 Å². The highest BCUT2D eigenvalue weighted by atomic mass is 16.5. The van der Waals surface area contributed by atoms with Gasteiger partial charge in [-0.1, -0.05) is 0 Å². The molecule has 5 nitrogen and oxygen atoms in total. The quantitative estimate of drug-likeness (QED) is 0.801. The Morgan fingerprint density at radius 1 is 1.33 bits per heavy atom. The van der Waals surface area contributed by atoms with E-state index < -0.39 is 0 Å². The molecule has 0 saturated carbocycles. The molecule has 0 radical (unpaired) electrons. The van der Waals surface area contributed by atoms with Crippen LogP contribution >= 0.6 is 0 Å². The lowest BCUT2D eigenvalue weighted by Gasteiger charge is -2.28. The van der Waals surface area contributed by atoms with Gasteiger partial charge in [-0.3, -0.25) is 4.79 Å². The van der Waals surface area contributed by atoms with Gasteiger partial charge in [0.25, 0.3) is 0 Å². The fourth-order valence-electron chi connectivity index (χ4n) is 3.31. The van der Waals surface area contributed by atoms with Crippen LogP contribution in [0.25, 0.3) is 0 Å². The Hall–Kier alpha value is -1.33. The van der Waals surface area contributed by atoms with Gasteiger partial charge in [-0.2, -0.15) is 0 Å². The average Bonchev–Trinajstić information content (AvgIpc) is 3.19. The molecular formula is C16H24N2O3. The van der Waals surface area contributed by atoms with Crippen LogP contribution in [0.2, 0.25) is 0 Å². The number of hydrogen-bond acceptors (Lipinski definition) is 4. The minimum Gasteiger partial charge on any atom is -0.467 e. The van der Waals surface area contributed by atoms with Crippen LogP contribution in [0.15, 0.2) is 22.8 Å². The number of fused-ring (bicyclic) bond motifs is 2. The fraction of sp³-hybridized carbons (Fsp3) is 0.688. The van der Waals surface area contributed by atoms with E-state index in [1.54, 1.807) is 6.26 Å². The Kier molecular flexibility index (Phi) is 4.31. The first kappa shape index (κ1) is 14.6. The van der Waals surface area contributed by atoms with E-state index in [0.29, 0.717) is 12.6 Å². The van der Waals surface area contributed by atoms with E-state index in [2.05, 4.69) is 4.90 Å². The third-order valence-electron chi connectivity index (χ3n) is 4.48. The van der Waals surface area contributed by atoms with Crippen molar-refractivity contribution in [2.24, 2.45) is 5.92 Å². The van der Waals surface area contributed by atoms with E-state index >= 15 is 0 Å². The van der Waals surface area contributed by atoms with Crippen molar-refractivity contribution < 1.29 is 13.9 Å². The molecule has 1 amide bonds. The average molecular weight is 292 g/mol. The summed E-state index contributed by atoms with van der Waals surface area (Å²) < 4.78 is 11.2. The largest absolute Gasteiger partial charge is 0.467 e. The molecule has 0 N–H and O–H groups in total. The monoisotopic (exact) mass is 292 g/mol. The lowest BCUT2D eigenvalue weighted by Crippen LogP contribution is -2.42. The van der Waals surface area contributed by atoms with Crippen molar-refractivity contribution in [1.29, 1.82) is 0 Å². The number of carbonyl (C=O) groups excluding carboxylic acids is 1. The lowest BCUT2D eigenvalue weighted by atomic mass is 9.88. The molecule has 3 rings (SSSR count). The number of nitrogens with zero attached hydrogens (tertiary/aromatic N) is 2. The predicted octanol–water partition coefficient (Wildman–Crippen LogP) is 1.74. The van der Waals surface area contributed by atoms with Crippen LogP contribution in [0.5, 0.6) is 0 Å². The molecule has 1 aromatic heterocycles. The van der Waals surface area contributed by atoms with Gasteiger partial charge in [-0.15, -0.1) is 0 Å². The predicted molar refractivity (Wildman–Crippen MR) is 78.7 cm³/mol. The van der Waals surface area contributed by atoms with E-state index in [4.69, 9.17) is 9.15 Å². The Bertz CT molecular complexity index is 472. The summed E-state index contributed by atoms with van der Waals surface area (Å²) in [6, 6.07) is 3.79. The highest BCUT2D eigenvalue weighted by molar-refractivity contribution is 5.80. The van der Waals surface area contributed by atoms with E-state index in [9.17, 15) is 4.79 Å². The number of amides is 1. The first-order chi connectivity index (χ1) is 10.1. The van der Waals surface area contributed by atoms with Crippen molar-refractivity contribution in [2.75, 3.05) is 27.2 Å². The zero-order valence-electron chi connectivity index (χ0n) is 12.8. The zero-order chi connectivity index (χ0) is 14.8. The first-order valence-electron chi connectivity index (χ1n) is 7.75. The second-order valence-electron chi connectivity index (χ2n) is 6.36. The fourth-order valence-corrected chi connectivity index (χ4v) is 3.31. The summed E-state index contributed by atoms with van der Waals surface area (Å²) in [5.74, 6) is 1.10. The van der Waals surface area contributed by atoms with Gasteiger partial charge >= 0.3 is 0 Å². The minimum absolute atomic E-state index is 0.0425. The molecule has 2 aliphatic rings. The highest BCUT2D eigenvalue weighted by Crippen LogP contribution is 2.39. The van der Waals surface area contributed by atoms with E-state index in [-0.39, 0.29) is 17.9 Å². The summed E-state index contributed by atoms with van der Waals surface area (Å²) in [5, 5.41) is 0. The van der Waals surface area contributed by atoms with E-state index in [1.807, 2.05) is 31.1 Å². The SMILES string of the molecule is CN(C)CCN(Cc1ccco1)C(=O)[C@@H]1C[C@H]2CC[C@H]1O2. The lowest BCUT2D eigenvalue weighted by molar-refractivity contribution is -0.138. The molecule has 2 aliphatic heterocycles. The Morgan fingerprint density at radius 2 is 2.19 bits per heavy atom. The summed E-state index contributed by atoms with van der Waals surface area (Å²) in [7, 11) is 4.05. The summed E-state index contributed by atoms with van der Waals surface area (Å²) in [6.07, 6.45) is 5.14. The standard InChI is InChI=1S/C16H24N2O3/c1-17(2)7-8-18(11-13-4-3-9-20-13)16(19)14-10-12-5-6-15(14)21-12/h3-4,9,12,14-15H,5-8,10-11H2,1-2H3/t12-,14-,15-/m1/s1. The molecule has 2 bridgehead atoms. The van der Waals surface area contributed by atoms with Gasteiger partial charge in [0, 0.05) is 13.1 Å². The number of hydrogen-bond donors (Lipinski definition) is 0. The number of likely N-dealkylation sites (N-methyl/N-ethyl adjacent to an activating group) is 1. The zero-order valence-corrected chi connectivity index (χ0v) is 12.8. The molecule has 21 heavy (non-hydrogen) atoms. The van der Waals surface area contributed by atoms with Crippen molar-refractivity contribution >= 4 is 5.91 Å². The number of carbonyl (C=O) groups is 1. The minimum atomic E-state index is 0.0425. The van der Waals surface area contributed by atoms with Gasteiger partial charge in [0.15, 0.2) is 0 Å². The molecule has 0 aromatic carbocycles. The van der Waals surface area contributed by atoms with Crippen molar-refractivity contribution in [1.82, 2.24) is 9.80 Å². The molecule has 2 saturated heterocycles. The van der Waals surface area contributed by atoms with Crippen molar-refractivity contribution in [2.45, 2.75) is 38.0 Å². The van der Waals surface area contributed by atoms with Crippen LogP contribution in [-0.2, 0) is 16.1 Å². The molecule has 1 aromatic rings. The summed E-state index contributed by atoms with van der Waals surface area (Å²) in [5.41, 5.74) is 0. The third kappa shape index (κ3) is 3.30. The first-order valence-corrected chi connectivity index (χ1v) is 7.75. The maximum Gasteiger partial charge on any atom is 0.228 e. The van der Waals surface area contributed by atoms with Crippen LogP contribution in [0.3, 0.4) is 0 Å². The number of ether oxygens (including phenoxy) is 1. The van der Waals surface area contributed by atoms with Crippen molar-refractivity contribution in [3.8, 4) is 0 Å². The van der Waals surface area contributed by atoms with Gasteiger partial charge in [-0.05, 0) is 45.5 Å². The number of furan rings is 1. The molecule has 116 valence electrons. The summed E-state index contributed by atoms with van der Waals surface area (Å²) >= 11 is 0. The molecule has 3 atom stereocenters. The van der Waals surface area contributed by atoms with E-state index in [1.165, 1.54) is 0 Å². The molecular weight excluding hydrogens is 268 g/mol. The maximum atomic E-state index is 12.9. The number of rotatable bonds is 6. The van der Waals surface area contributed by atoms with Crippen LogP contribution in [0.4, 0.5) is 0 Å². The third-order valence-corrected chi connectivity index (χ3v) is 4.48. The molecule has 0 aliphatic carbocycles. The van der Waals surface area contributed by atoms with Gasteiger partial charge in [-0.25, -0.2) is 0 Å². The second kappa shape index (κ2) is 6.20. The summed E-state index contributed by atoms with van der Waals surface area (Å²) in [6.45, 7) is 2.13. The molecule has 3 heterocycles. The molecule has 2 fully saturated rings. The normalized spacial score (nSPS) is 27.5. The van der Waals surface area contributed by atoms with Gasteiger partial charge < -0.3 is 19.0 Å². The Labute approximate surface area is 125 Å². The van der Waals surface area contributed by atoms with Gasteiger partial charge in [0.05, 0.1) is 30.9 Å². The van der Waals surface area contributed by atoms with Crippen LogP contribution < -0.4 is 0 Å². The van der Waals surface area contributed by atoms with Gasteiger partial charge in [0.2, 0.25) is 5.91 Å². The van der Waals surface area contributed by atoms with E-state index in [0.717, 1.165) is 38.1 Å². The summed E-state index contributed by atoms with van der Waals surface area (Å²) in [4.78, 5) is 16.9. The molecule has 5 heteroatoms. The van der Waals surface area contributed by atoms with Crippen molar-refractivity contribution in [3.63, 3.8) is 0 Å². The molecule has 0 spiro atoms. The second-order valence-corrected chi connectivity index (χ2v) is 6.36. The Morgan fingerprint density at radius 3 is 2.76 bits per heavy atom. The van der Waals surface area contributed by atoms with Gasteiger partial charge in [0.1, 0.15) is 5.76 Å². The highest BCUT2D eigenvalue weighted by Gasteiger charge is 2.45. The maximum absolute atomic E-state index is 12.9. The smallest absolute Gasteiger partial charge is 0.228 e. The van der Waals surface area contributed by atoms with Crippen LogP contribution in [0, 0.1) is 5.92 Å². The Balaban J connectivity index is 1.66. The van der Waals surface area contributed by atoms with Crippen molar-refractivity contribution in [3.05, 3.63) is 24.2 Å². The van der Waals surface area contributed by atoms with Crippen LogP contribution in [0.1, 0.15) is 25.0 Å². The molecule has 0 unspecified atom stereocenters. The van der Waals surface area contributed by atoms with Crippen LogP contribution in [-0.4, -0.2) is 55.1 Å².